The van der Waals surface area contributed by atoms with E-state index < -0.39 is 10.8 Å². The molecule has 1 amide bonds. The number of hydrogen-bond acceptors (Lipinski definition) is 3. The second-order valence-corrected chi connectivity index (χ2v) is 5.01. The lowest BCUT2D eigenvalue weighted by atomic mass is 10.1. The van der Waals surface area contributed by atoms with Crippen molar-refractivity contribution in [2.45, 2.75) is 13.8 Å². The van der Waals surface area contributed by atoms with Crippen molar-refractivity contribution in [3.8, 4) is 0 Å². The van der Waals surface area contributed by atoms with E-state index in [2.05, 4.69) is 5.32 Å². The van der Waals surface area contributed by atoms with Gasteiger partial charge in [0.1, 0.15) is 5.69 Å². The minimum Gasteiger partial charge on any atom is -0.317 e. The Morgan fingerprint density at radius 1 is 1.09 bits per heavy atom. The molecule has 0 aliphatic rings. The van der Waals surface area contributed by atoms with Crippen LogP contribution in [0.15, 0.2) is 48.5 Å². The fourth-order valence-corrected chi connectivity index (χ4v) is 1.92. The highest BCUT2D eigenvalue weighted by Crippen LogP contribution is 2.25. The molecule has 0 unspecified atom stereocenters. The van der Waals surface area contributed by atoms with Crippen LogP contribution in [0.2, 0.25) is 0 Å². The average molecular weight is 296 g/mol. The zero-order valence-corrected chi connectivity index (χ0v) is 12.4. The van der Waals surface area contributed by atoms with Gasteiger partial charge in [0.2, 0.25) is 5.91 Å². The number of anilines is 1. The summed E-state index contributed by atoms with van der Waals surface area (Å²) in [5, 5.41) is 13.5. The molecule has 5 heteroatoms. The minimum atomic E-state index is -0.508. The van der Waals surface area contributed by atoms with E-state index in [0.717, 1.165) is 16.7 Å². The molecule has 0 heterocycles. The highest BCUT2D eigenvalue weighted by molar-refractivity contribution is 6.03. The Morgan fingerprint density at radius 3 is 2.36 bits per heavy atom. The van der Waals surface area contributed by atoms with Crippen LogP contribution in [-0.4, -0.2) is 10.8 Å². The van der Waals surface area contributed by atoms with Crippen molar-refractivity contribution in [2.24, 2.45) is 0 Å². The molecule has 0 radical (unpaired) electrons. The fourth-order valence-electron chi connectivity index (χ4n) is 1.92. The quantitative estimate of drug-likeness (QED) is 0.529. The summed E-state index contributed by atoms with van der Waals surface area (Å²) in [5.41, 5.74) is 2.86. The van der Waals surface area contributed by atoms with Gasteiger partial charge in [0.05, 0.1) is 4.92 Å². The molecule has 0 spiro atoms. The Morgan fingerprint density at radius 2 is 1.73 bits per heavy atom. The van der Waals surface area contributed by atoms with Crippen molar-refractivity contribution in [3.05, 3.63) is 75.3 Å². The van der Waals surface area contributed by atoms with Gasteiger partial charge in [-0.1, -0.05) is 35.9 Å². The van der Waals surface area contributed by atoms with Crippen molar-refractivity contribution >= 4 is 23.4 Å². The van der Waals surface area contributed by atoms with E-state index in [4.69, 9.17) is 0 Å². The van der Waals surface area contributed by atoms with Gasteiger partial charge in [-0.15, -0.1) is 0 Å². The number of carbonyl (C=O) groups excluding carboxylic acids is 1. The van der Waals surface area contributed by atoms with Crippen molar-refractivity contribution in [1.82, 2.24) is 0 Å². The van der Waals surface area contributed by atoms with Crippen molar-refractivity contribution in [3.63, 3.8) is 0 Å². The first-order valence-corrected chi connectivity index (χ1v) is 6.76. The number of benzene rings is 2. The summed E-state index contributed by atoms with van der Waals surface area (Å²) in [6.45, 7) is 3.74. The number of amides is 1. The Kier molecular flexibility index (Phi) is 4.68. The maximum absolute atomic E-state index is 11.9. The molecule has 0 aromatic heterocycles. The normalized spacial score (nSPS) is 10.6. The van der Waals surface area contributed by atoms with E-state index in [-0.39, 0.29) is 11.4 Å². The molecule has 112 valence electrons. The molecule has 0 aliphatic heterocycles. The van der Waals surface area contributed by atoms with Gasteiger partial charge >= 0.3 is 0 Å². The molecule has 5 nitrogen and oxygen atoms in total. The smallest absolute Gasteiger partial charge is 0.293 e. The number of nitro benzene ring substituents is 1. The van der Waals surface area contributed by atoms with Gasteiger partial charge in [-0.25, -0.2) is 0 Å². The van der Waals surface area contributed by atoms with Gasteiger partial charge in [-0.2, -0.15) is 0 Å². The molecule has 0 fully saturated rings. The van der Waals surface area contributed by atoms with Gasteiger partial charge in [0.15, 0.2) is 0 Å². The second-order valence-electron chi connectivity index (χ2n) is 5.01. The fraction of sp³-hybridized carbons (Fsp3) is 0.118. The van der Waals surface area contributed by atoms with Crippen LogP contribution < -0.4 is 5.32 Å². The highest BCUT2D eigenvalue weighted by Gasteiger charge is 2.14. The van der Waals surface area contributed by atoms with E-state index in [0.29, 0.717) is 0 Å². The van der Waals surface area contributed by atoms with Crippen LogP contribution in [0.4, 0.5) is 11.4 Å². The van der Waals surface area contributed by atoms with E-state index in [1.165, 1.54) is 18.2 Å². The van der Waals surface area contributed by atoms with Crippen molar-refractivity contribution in [2.75, 3.05) is 5.32 Å². The third kappa shape index (κ3) is 4.02. The summed E-state index contributed by atoms with van der Waals surface area (Å²) < 4.78 is 0. The van der Waals surface area contributed by atoms with Crippen LogP contribution in [-0.2, 0) is 4.79 Å². The maximum atomic E-state index is 11.9. The molecule has 0 saturated heterocycles. The molecule has 0 bridgehead atoms. The maximum Gasteiger partial charge on any atom is 0.293 e. The lowest BCUT2D eigenvalue weighted by Gasteiger charge is -2.04. The Bertz CT molecular complexity index is 734. The molecular formula is C17H16N2O3. The standard InChI is InChI=1S/C17H16N2O3/c1-12-3-6-14(7-4-12)8-10-17(20)18-15-9-5-13(2)11-16(15)19(21)22/h3-11H,1-2H3,(H,18,20). The van der Waals surface area contributed by atoms with Gasteiger partial charge in [-0.3, -0.25) is 14.9 Å². The predicted molar refractivity (Wildman–Crippen MR) is 86.7 cm³/mol. The summed E-state index contributed by atoms with van der Waals surface area (Å²) in [7, 11) is 0. The van der Waals surface area contributed by atoms with Crippen LogP contribution in [0, 0.1) is 24.0 Å². The number of nitro groups is 1. The van der Waals surface area contributed by atoms with Crippen LogP contribution in [0.5, 0.6) is 0 Å². The SMILES string of the molecule is Cc1ccc(C=CC(=O)Nc2ccc(C)cc2[N+](=O)[O-])cc1. The summed E-state index contributed by atoms with van der Waals surface area (Å²) >= 11 is 0. The largest absolute Gasteiger partial charge is 0.317 e. The molecule has 22 heavy (non-hydrogen) atoms. The Hall–Kier alpha value is -2.95. The molecule has 2 aromatic rings. The summed E-state index contributed by atoms with van der Waals surface area (Å²) in [6.07, 6.45) is 3.02. The van der Waals surface area contributed by atoms with Crippen molar-refractivity contribution < 1.29 is 9.72 Å². The topological polar surface area (TPSA) is 72.2 Å². The number of nitrogens with one attached hydrogen (secondary N) is 1. The second kappa shape index (κ2) is 6.67. The van der Waals surface area contributed by atoms with Crippen LogP contribution in [0.25, 0.3) is 6.08 Å². The van der Waals surface area contributed by atoms with Gasteiger partial charge in [-0.05, 0) is 37.1 Å². The third-order valence-electron chi connectivity index (χ3n) is 3.11. The van der Waals surface area contributed by atoms with Crippen LogP contribution in [0.1, 0.15) is 16.7 Å². The third-order valence-corrected chi connectivity index (χ3v) is 3.11. The molecule has 1 N–H and O–H groups in total. The number of hydrogen-bond donors (Lipinski definition) is 1. The lowest BCUT2D eigenvalue weighted by Crippen LogP contribution is -2.09. The summed E-state index contributed by atoms with van der Waals surface area (Å²) in [6, 6.07) is 12.4. The summed E-state index contributed by atoms with van der Waals surface area (Å²) in [5.74, 6) is -0.410. The molecule has 2 aromatic carbocycles. The monoisotopic (exact) mass is 296 g/mol. The van der Waals surface area contributed by atoms with E-state index in [1.54, 1.807) is 19.1 Å². The Balaban J connectivity index is 2.12. The van der Waals surface area contributed by atoms with Gasteiger partial charge < -0.3 is 5.32 Å². The number of aryl methyl sites for hydroxylation is 2. The minimum absolute atomic E-state index is 0.114. The first-order chi connectivity index (χ1) is 10.5. The molecule has 0 saturated carbocycles. The number of nitrogens with zero attached hydrogens (tertiary/aromatic N) is 1. The molecule has 0 atom stereocenters. The van der Waals surface area contributed by atoms with Gasteiger partial charge in [0, 0.05) is 12.1 Å². The van der Waals surface area contributed by atoms with E-state index >= 15 is 0 Å². The molecular weight excluding hydrogens is 280 g/mol. The van der Waals surface area contributed by atoms with E-state index in [9.17, 15) is 14.9 Å². The molecule has 2 rings (SSSR count). The summed E-state index contributed by atoms with van der Waals surface area (Å²) in [4.78, 5) is 22.4. The van der Waals surface area contributed by atoms with Crippen LogP contribution in [0.3, 0.4) is 0 Å². The predicted octanol–water partition coefficient (Wildman–Crippen LogP) is 3.86. The van der Waals surface area contributed by atoms with Crippen molar-refractivity contribution in [1.29, 1.82) is 0 Å². The van der Waals surface area contributed by atoms with Crippen LogP contribution >= 0.6 is 0 Å². The lowest BCUT2D eigenvalue weighted by molar-refractivity contribution is -0.384. The number of rotatable bonds is 4. The molecule has 0 aliphatic carbocycles. The zero-order chi connectivity index (χ0) is 16.1. The van der Waals surface area contributed by atoms with E-state index in [1.807, 2.05) is 31.2 Å². The first-order valence-electron chi connectivity index (χ1n) is 6.76. The highest BCUT2D eigenvalue weighted by atomic mass is 16.6. The Labute approximate surface area is 128 Å². The zero-order valence-electron chi connectivity index (χ0n) is 12.4. The first kappa shape index (κ1) is 15.4. The van der Waals surface area contributed by atoms with Gasteiger partial charge in [0.25, 0.3) is 5.69 Å². The average Bonchev–Trinajstić information content (AvgIpc) is 2.48. The number of carbonyl (C=O) groups is 1.